The van der Waals surface area contributed by atoms with Crippen LogP contribution in [0.2, 0.25) is 0 Å². The molecule has 1 spiro atoms. The Morgan fingerprint density at radius 2 is 1.92 bits per heavy atom. The zero-order valence-corrected chi connectivity index (χ0v) is 14.9. The summed E-state index contributed by atoms with van der Waals surface area (Å²) < 4.78 is 1.82. The van der Waals surface area contributed by atoms with Gasteiger partial charge in [0.2, 0.25) is 11.8 Å². The van der Waals surface area contributed by atoms with Gasteiger partial charge in [-0.05, 0) is 32.4 Å². The van der Waals surface area contributed by atoms with Gasteiger partial charge in [0.25, 0.3) is 0 Å². The minimum atomic E-state index is -0.238. The molecule has 7 nitrogen and oxygen atoms in total. The third-order valence-corrected chi connectivity index (χ3v) is 5.40. The topological polar surface area (TPSA) is 61.7 Å². The molecule has 0 bridgehead atoms. The van der Waals surface area contributed by atoms with E-state index in [1.165, 1.54) is 5.56 Å². The first-order chi connectivity index (χ1) is 11.4. The third-order valence-electron chi connectivity index (χ3n) is 5.40. The van der Waals surface area contributed by atoms with Crippen molar-refractivity contribution >= 4 is 11.8 Å². The Morgan fingerprint density at radius 3 is 2.50 bits per heavy atom. The summed E-state index contributed by atoms with van der Waals surface area (Å²) in [7, 11) is 5.39. The molecule has 1 aromatic rings. The van der Waals surface area contributed by atoms with Crippen LogP contribution in [0.4, 0.5) is 0 Å². The Labute approximate surface area is 143 Å². The standard InChI is InChI=1S/C17H27N5O2/c1-19(2)15(23)13-22-9-6-17(16(22)24)4-7-21(8-5-17)12-14-10-18-20(3)11-14/h10-11H,4-9,12-13H2,1-3H3. The summed E-state index contributed by atoms with van der Waals surface area (Å²) in [6.07, 6.45) is 6.60. The summed E-state index contributed by atoms with van der Waals surface area (Å²) in [6, 6.07) is 0. The van der Waals surface area contributed by atoms with Crippen molar-refractivity contribution in [1.82, 2.24) is 24.5 Å². The molecule has 24 heavy (non-hydrogen) atoms. The van der Waals surface area contributed by atoms with Crippen molar-refractivity contribution in [1.29, 1.82) is 0 Å². The number of carbonyl (C=O) groups excluding carboxylic acids is 2. The highest BCUT2D eigenvalue weighted by Crippen LogP contribution is 2.41. The maximum Gasteiger partial charge on any atom is 0.241 e. The molecular formula is C17H27N5O2. The second-order valence-electron chi connectivity index (χ2n) is 7.34. The minimum absolute atomic E-state index is 0.00517. The van der Waals surface area contributed by atoms with Gasteiger partial charge in [0.05, 0.1) is 18.2 Å². The average molecular weight is 333 g/mol. The van der Waals surface area contributed by atoms with E-state index in [2.05, 4.69) is 10.00 Å². The van der Waals surface area contributed by atoms with Crippen molar-refractivity contribution in [3.63, 3.8) is 0 Å². The molecule has 2 aliphatic heterocycles. The van der Waals surface area contributed by atoms with Crippen LogP contribution in [0.25, 0.3) is 0 Å². The van der Waals surface area contributed by atoms with E-state index in [4.69, 9.17) is 0 Å². The van der Waals surface area contributed by atoms with E-state index in [0.717, 1.165) is 38.9 Å². The summed E-state index contributed by atoms with van der Waals surface area (Å²) in [5.41, 5.74) is 0.974. The number of hydrogen-bond donors (Lipinski definition) is 0. The van der Waals surface area contributed by atoms with Crippen molar-refractivity contribution in [2.45, 2.75) is 25.8 Å². The lowest BCUT2D eigenvalue weighted by Crippen LogP contribution is -2.46. The SMILES string of the molecule is CN(C)C(=O)CN1CCC2(CCN(Cc3cnn(C)c3)CC2)C1=O. The number of piperidine rings is 1. The van der Waals surface area contributed by atoms with Crippen LogP contribution in [0.5, 0.6) is 0 Å². The minimum Gasteiger partial charge on any atom is -0.347 e. The van der Waals surface area contributed by atoms with Crippen LogP contribution >= 0.6 is 0 Å². The van der Waals surface area contributed by atoms with Gasteiger partial charge in [0.1, 0.15) is 0 Å². The van der Waals surface area contributed by atoms with Crippen molar-refractivity contribution in [3.8, 4) is 0 Å². The maximum absolute atomic E-state index is 12.8. The predicted octanol–water partition coefficient (Wildman–Crippen LogP) is 0.323. The second kappa shape index (κ2) is 6.55. The largest absolute Gasteiger partial charge is 0.347 e. The van der Waals surface area contributed by atoms with Gasteiger partial charge in [-0.2, -0.15) is 5.10 Å². The Hall–Kier alpha value is -1.89. The first kappa shape index (κ1) is 17.0. The van der Waals surface area contributed by atoms with Crippen LogP contribution in [-0.2, 0) is 23.2 Å². The molecule has 0 atom stereocenters. The molecule has 0 radical (unpaired) electrons. The molecule has 2 saturated heterocycles. The molecule has 0 saturated carbocycles. The number of carbonyl (C=O) groups is 2. The van der Waals surface area contributed by atoms with Crippen molar-refractivity contribution < 1.29 is 9.59 Å². The first-order valence-corrected chi connectivity index (χ1v) is 8.59. The Bertz CT molecular complexity index is 616. The Kier molecular flexibility index (Phi) is 4.62. The summed E-state index contributed by atoms with van der Waals surface area (Å²) in [6.45, 7) is 3.67. The van der Waals surface area contributed by atoms with E-state index < -0.39 is 0 Å². The van der Waals surface area contributed by atoms with Crippen LogP contribution in [0, 0.1) is 5.41 Å². The molecule has 1 aromatic heterocycles. The monoisotopic (exact) mass is 333 g/mol. The summed E-state index contributed by atoms with van der Waals surface area (Å²) >= 11 is 0. The van der Waals surface area contributed by atoms with E-state index in [0.29, 0.717) is 6.54 Å². The second-order valence-corrected chi connectivity index (χ2v) is 7.34. The van der Waals surface area contributed by atoms with Crippen LogP contribution in [0.15, 0.2) is 12.4 Å². The lowest BCUT2D eigenvalue weighted by Gasteiger charge is -2.37. The Balaban J connectivity index is 1.55. The number of nitrogens with zero attached hydrogens (tertiary/aromatic N) is 5. The average Bonchev–Trinajstić information content (AvgIpc) is 3.08. The van der Waals surface area contributed by atoms with Gasteiger partial charge in [0, 0.05) is 46.0 Å². The van der Waals surface area contributed by atoms with Crippen LogP contribution in [0.3, 0.4) is 0 Å². The van der Waals surface area contributed by atoms with Gasteiger partial charge in [0.15, 0.2) is 0 Å². The number of aryl methyl sites for hydroxylation is 1. The summed E-state index contributed by atoms with van der Waals surface area (Å²) in [4.78, 5) is 30.4. The normalized spacial score (nSPS) is 20.8. The summed E-state index contributed by atoms with van der Waals surface area (Å²) in [5, 5.41) is 4.21. The molecular weight excluding hydrogens is 306 g/mol. The van der Waals surface area contributed by atoms with Crippen LogP contribution in [-0.4, -0.2) is 76.6 Å². The molecule has 3 heterocycles. The molecule has 2 amide bonds. The fraction of sp³-hybridized carbons (Fsp3) is 0.706. The molecule has 0 aromatic carbocycles. The number of rotatable bonds is 4. The number of hydrogen-bond acceptors (Lipinski definition) is 4. The smallest absolute Gasteiger partial charge is 0.241 e. The van der Waals surface area contributed by atoms with Crippen molar-refractivity contribution in [3.05, 3.63) is 18.0 Å². The zero-order chi connectivity index (χ0) is 17.3. The van der Waals surface area contributed by atoms with E-state index in [9.17, 15) is 9.59 Å². The van der Waals surface area contributed by atoms with Crippen LogP contribution < -0.4 is 0 Å². The van der Waals surface area contributed by atoms with E-state index >= 15 is 0 Å². The number of likely N-dealkylation sites (tertiary alicyclic amines) is 2. The van der Waals surface area contributed by atoms with Crippen molar-refractivity contribution in [2.75, 3.05) is 40.3 Å². The van der Waals surface area contributed by atoms with E-state index in [1.807, 2.05) is 24.1 Å². The van der Waals surface area contributed by atoms with E-state index in [1.54, 1.807) is 23.9 Å². The number of likely N-dealkylation sites (N-methyl/N-ethyl adjacent to an activating group) is 1. The lowest BCUT2D eigenvalue weighted by molar-refractivity contribution is -0.143. The molecule has 0 N–H and O–H groups in total. The fourth-order valence-electron chi connectivity index (χ4n) is 3.76. The fourth-order valence-corrected chi connectivity index (χ4v) is 3.76. The van der Waals surface area contributed by atoms with Gasteiger partial charge in [-0.25, -0.2) is 0 Å². The van der Waals surface area contributed by atoms with Gasteiger partial charge >= 0.3 is 0 Å². The highest BCUT2D eigenvalue weighted by molar-refractivity contribution is 5.89. The Morgan fingerprint density at radius 1 is 1.25 bits per heavy atom. The molecule has 0 aliphatic carbocycles. The molecule has 2 fully saturated rings. The van der Waals surface area contributed by atoms with Crippen LogP contribution in [0.1, 0.15) is 24.8 Å². The highest BCUT2D eigenvalue weighted by atomic mass is 16.2. The van der Waals surface area contributed by atoms with Crippen molar-refractivity contribution in [2.24, 2.45) is 12.5 Å². The molecule has 7 heteroatoms. The molecule has 3 rings (SSSR count). The zero-order valence-electron chi connectivity index (χ0n) is 14.9. The molecule has 0 unspecified atom stereocenters. The van der Waals surface area contributed by atoms with Gasteiger partial charge in [-0.15, -0.1) is 0 Å². The number of amides is 2. The van der Waals surface area contributed by atoms with Gasteiger partial charge in [-0.3, -0.25) is 19.2 Å². The maximum atomic E-state index is 12.8. The van der Waals surface area contributed by atoms with E-state index in [-0.39, 0.29) is 23.8 Å². The van der Waals surface area contributed by atoms with Gasteiger partial charge in [-0.1, -0.05) is 0 Å². The lowest BCUT2D eigenvalue weighted by atomic mass is 9.77. The molecule has 132 valence electrons. The highest BCUT2D eigenvalue weighted by Gasteiger charge is 2.48. The summed E-state index contributed by atoms with van der Waals surface area (Å²) in [5.74, 6) is 0.174. The number of aromatic nitrogens is 2. The van der Waals surface area contributed by atoms with Gasteiger partial charge < -0.3 is 9.80 Å². The quantitative estimate of drug-likeness (QED) is 0.796. The predicted molar refractivity (Wildman–Crippen MR) is 90.0 cm³/mol. The molecule has 2 aliphatic rings. The third kappa shape index (κ3) is 3.31. The first-order valence-electron chi connectivity index (χ1n) is 8.59.